The number of nitrogens with zero attached hydrogens (tertiary/aromatic N) is 4. The Hall–Kier alpha value is -3.20. The van der Waals surface area contributed by atoms with Gasteiger partial charge in [0.1, 0.15) is 5.82 Å². The molecule has 1 saturated heterocycles. The molecule has 144 valence electrons. The van der Waals surface area contributed by atoms with Gasteiger partial charge < -0.3 is 15.0 Å². The number of carbonyl (C=O) groups is 1. The van der Waals surface area contributed by atoms with Gasteiger partial charge in [0.25, 0.3) is 0 Å². The first kappa shape index (κ1) is 21.5. The minimum absolute atomic E-state index is 0. The third-order valence-corrected chi connectivity index (χ3v) is 4.73. The summed E-state index contributed by atoms with van der Waals surface area (Å²) in [6, 6.07) is 20.7. The van der Waals surface area contributed by atoms with E-state index < -0.39 is 5.97 Å². The van der Waals surface area contributed by atoms with E-state index >= 15 is 0 Å². The predicted molar refractivity (Wildman–Crippen MR) is 111 cm³/mol. The van der Waals surface area contributed by atoms with E-state index in [1.807, 2.05) is 18.2 Å². The second-order valence-electron chi connectivity index (χ2n) is 6.69. The molecule has 30 heavy (non-hydrogen) atoms. The minimum Gasteiger partial charge on any atom is -0.478 e. The van der Waals surface area contributed by atoms with Crippen molar-refractivity contribution < 1.29 is 28.8 Å². The van der Waals surface area contributed by atoms with Gasteiger partial charge >= 0.3 is 24.8 Å². The molecule has 0 aliphatic carbocycles. The Labute approximate surface area is 186 Å². The van der Waals surface area contributed by atoms with E-state index in [4.69, 9.17) is 10.1 Å². The van der Waals surface area contributed by atoms with Gasteiger partial charge in [0.2, 0.25) is 0 Å². The van der Waals surface area contributed by atoms with Crippen LogP contribution in [0.15, 0.2) is 79.1 Å². The first-order chi connectivity index (χ1) is 14.2. The van der Waals surface area contributed by atoms with Gasteiger partial charge in [-0.2, -0.15) is 0 Å². The summed E-state index contributed by atoms with van der Waals surface area (Å²) in [6.45, 7) is 1.86. The Balaban J connectivity index is 0.000000218. The van der Waals surface area contributed by atoms with E-state index in [0.717, 1.165) is 30.1 Å². The van der Waals surface area contributed by atoms with Gasteiger partial charge in [-0.25, -0.2) is 9.78 Å². The number of aromatic carboxylic acids is 1. The molecule has 1 aliphatic heterocycles. The molecule has 0 unspecified atom stereocenters. The largest absolute Gasteiger partial charge is 1.00 e. The van der Waals surface area contributed by atoms with Crippen LogP contribution in [-0.4, -0.2) is 39.1 Å². The molecular weight excluding hydrogens is 371 g/mol. The summed E-state index contributed by atoms with van der Waals surface area (Å²) < 4.78 is 0. The van der Waals surface area contributed by atoms with Crippen LogP contribution in [0.4, 0.5) is 5.82 Å². The summed E-state index contributed by atoms with van der Waals surface area (Å²) in [5, 5.41) is 9.56. The molecule has 0 spiro atoms. The van der Waals surface area contributed by atoms with Crippen molar-refractivity contribution in [3.63, 3.8) is 0 Å². The van der Waals surface area contributed by atoms with Gasteiger partial charge in [0.05, 0.1) is 11.1 Å². The number of benzene rings is 2. The molecule has 6 nitrogen and oxygen atoms in total. The van der Waals surface area contributed by atoms with Crippen molar-refractivity contribution in [1.29, 1.82) is 0 Å². The zero-order valence-electron chi connectivity index (χ0n) is 16.6. The summed E-state index contributed by atoms with van der Waals surface area (Å²) in [7, 11) is 0. The SMILES string of the molecule is O=C(O)c1ccccc1.[Li+].[c-]1nccnc1C1CN(c2ccc3ccccc3n2)C1. The Morgan fingerprint density at radius 1 is 0.967 bits per heavy atom. The quantitative estimate of drug-likeness (QED) is 0.412. The normalized spacial score (nSPS) is 12.9. The number of rotatable bonds is 3. The third kappa shape index (κ3) is 5.04. The second kappa shape index (κ2) is 10.0. The number of pyridine rings is 1. The Morgan fingerprint density at radius 2 is 1.70 bits per heavy atom. The maximum Gasteiger partial charge on any atom is 1.00 e. The van der Waals surface area contributed by atoms with E-state index in [1.54, 1.807) is 42.7 Å². The smallest absolute Gasteiger partial charge is 0.478 e. The van der Waals surface area contributed by atoms with Crippen molar-refractivity contribution in [3.8, 4) is 0 Å². The van der Waals surface area contributed by atoms with Gasteiger partial charge in [-0.1, -0.05) is 36.4 Å². The van der Waals surface area contributed by atoms with Gasteiger partial charge in [0.15, 0.2) is 0 Å². The van der Waals surface area contributed by atoms with Gasteiger partial charge in [-0.05, 0) is 42.2 Å². The topological polar surface area (TPSA) is 79.2 Å². The second-order valence-corrected chi connectivity index (χ2v) is 6.69. The number of carboxylic acid groups (broad SMARTS) is 1. The summed E-state index contributed by atoms with van der Waals surface area (Å²) in [4.78, 5) is 25.5. The number of hydrogen-bond donors (Lipinski definition) is 1. The number of para-hydroxylation sites is 1. The summed E-state index contributed by atoms with van der Waals surface area (Å²) in [6.07, 6.45) is 6.35. The number of fused-ring (bicyclic) bond motifs is 1. The molecule has 0 amide bonds. The average Bonchev–Trinajstić information content (AvgIpc) is 2.74. The van der Waals surface area contributed by atoms with Crippen molar-refractivity contribution in [3.05, 3.63) is 96.6 Å². The van der Waals surface area contributed by atoms with Crippen molar-refractivity contribution in [2.45, 2.75) is 5.92 Å². The van der Waals surface area contributed by atoms with Crippen LogP contribution >= 0.6 is 0 Å². The van der Waals surface area contributed by atoms with Crippen molar-refractivity contribution in [1.82, 2.24) is 15.0 Å². The van der Waals surface area contributed by atoms with Gasteiger partial charge in [-0.15, -0.1) is 12.4 Å². The van der Waals surface area contributed by atoms with E-state index in [9.17, 15) is 4.79 Å². The maximum atomic E-state index is 10.2. The Bertz CT molecular complexity index is 1100. The van der Waals surface area contributed by atoms with Crippen LogP contribution in [0.1, 0.15) is 22.0 Å². The average molecular weight is 390 g/mol. The molecule has 3 heterocycles. The molecule has 4 aromatic rings. The molecule has 2 aromatic heterocycles. The van der Waals surface area contributed by atoms with Crippen LogP contribution in [0, 0.1) is 6.20 Å². The van der Waals surface area contributed by atoms with E-state index in [1.165, 1.54) is 5.39 Å². The maximum absolute atomic E-state index is 10.2. The minimum atomic E-state index is -0.879. The third-order valence-electron chi connectivity index (χ3n) is 4.73. The standard InChI is InChI=1S/C16H13N4.C7H6O2.Li/c1-2-4-14-12(3-1)5-6-16(19-14)20-10-13(11-20)15-9-17-7-8-18-15;8-7(9)6-4-2-1-3-5-6;/h1-8,13H,10-11H2;1-5H,(H,8,9);/q-1;;+1. The fourth-order valence-corrected chi connectivity index (χ4v) is 3.13. The van der Waals surface area contributed by atoms with Crippen LogP contribution in [0.25, 0.3) is 10.9 Å². The van der Waals surface area contributed by atoms with Crippen LogP contribution < -0.4 is 23.8 Å². The Morgan fingerprint density at radius 3 is 2.37 bits per heavy atom. The van der Waals surface area contributed by atoms with Crippen LogP contribution in [0.3, 0.4) is 0 Å². The number of aromatic nitrogens is 3. The summed E-state index contributed by atoms with van der Waals surface area (Å²) >= 11 is 0. The number of carboxylic acids is 1. The Kier molecular flexibility index (Phi) is 7.18. The van der Waals surface area contributed by atoms with E-state index in [-0.39, 0.29) is 18.9 Å². The fourth-order valence-electron chi connectivity index (χ4n) is 3.13. The molecule has 1 N–H and O–H groups in total. The van der Waals surface area contributed by atoms with E-state index in [0.29, 0.717) is 11.5 Å². The van der Waals surface area contributed by atoms with E-state index in [2.05, 4.69) is 39.3 Å². The summed E-state index contributed by atoms with van der Waals surface area (Å²) in [5.74, 6) is 0.566. The fraction of sp³-hybridized carbons (Fsp3) is 0.130. The number of hydrogen-bond acceptors (Lipinski definition) is 5. The molecule has 5 rings (SSSR count). The van der Waals surface area contributed by atoms with Crippen LogP contribution in [0.5, 0.6) is 0 Å². The molecule has 0 atom stereocenters. The van der Waals surface area contributed by atoms with Crippen LogP contribution in [-0.2, 0) is 0 Å². The zero-order chi connectivity index (χ0) is 20.1. The molecule has 0 saturated carbocycles. The molecule has 1 fully saturated rings. The van der Waals surface area contributed by atoms with Crippen molar-refractivity contribution >= 4 is 22.7 Å². The van der Waals surface area contributed by atoms with Gasteiger partial charge in [-0.3, -0.25) is 4.98 Å². The van der Waals surface area contributed by atoms with Crippen molar-refractivity contribution in [2.75, 3.05) is 18.0 Å². The summed E-state index contributed by atoms with van der Waals surface area (Å²) in [5.41, 5.74) is 2.32. The monoisotopic (exact) mass is 390 g/mol. The molecule has 0 bridgehead atoms. The molecular formula is C23H19LiN4O2. The predicted octanol–water partition coefficient (Wildman–Crippen LogP) is 0.818. The zero-order valence-corrected chi connectivity index (χ0v) is 16.6. The first-order valence-corrected chi connectivity index (χ1v) is 9.28. The van der Waals surface area contributed by atoms with Gasteiger partial charge in [0, 0.05) is 24.4 Å². The molecule has 2 aromatic carbocycles. The first-order valence-electron chi connectivity index (χ1n) is 9.28. The molecule has 1 aliphatic rings. The van der Waals surface area contributed by atoms with Crippen LogP contribution in [0.2, 0.25) is 0 Å². The molecule has 0 radical (unpaired) electrons. The number of anilines is 1. The van der Waals surface area contributed by atoms with Crippen molar-refractivity contribution in [2.24, 2.45) is 0 Å². The molecule has 7 heteroatoms.